The van der Waals surface area contributed by atoms with Crippen LogP contribution in [0.2, 0.25) is 5.72 Å². The third kappa shape index (κ3) is 8.85. The molecule has 0 spiro atoms. The van der Waals surface area contributed by atoms with Gasteiger partial charge in [-0.25, -0.2) is 87.8 Å². The summed E-state index contributed by atoms with van der Waals surface area (Å²) in [6.45, 7) is 14.0. The van der Waals surface area contributed by atoms with Crippen molar-refractivity contribution in [2.45, 2.75) is 103 Å². The van der Waals surface area contributed by atoms with E-state index >= 15 is 35.1 Å². The minimum absolute atomic E-state index is 0.391. The highest BCUT2D eigenvalue weighted by atomic mass is 31.1. The first kappa shape index (κ1) is 52.7. The summed E-state index contributed by atoms with van der Waals surface area (Å²) in [7, 11) is -0.391. The maximum absolute atomic E-state index is 15.5. The average molecular weight is 962 g/mol. The summed E-state index contributed by atoms with van der Waals surface area (Å²) in [5, 5.41) is 1.46. The van der Waals surface area contributed by atoms with Crippen LogP contribution in [0.1, 0.15) is 87.0 Å². The van der Waals surface area contributed by atoms with E-state index < -0.39 is 184 Å². The van der Waals surface area contributed by atoms with E-state index in [9.17, 15) is 52.7 Å². The first-order chi connectivity index (χ1) is 29.0. The highest BCUT2D eigenvalue weighted by Crippen LogP contribution is 2.67. The quantitative estimate of drug-likeness (QED) is 0.0615. The third-order valence-corrected chi connectivity index (χ3v) is 16.1. The predicted molar refractivity (Wildman–Crippen MR) is 205 cm³/mol. The molecule has 0 N–H and O–H groups in total. The van der Waals surface area contributed by atoms with Crippen molar-refractivity contribution < 1.29 is 87.8 Å². The minimum Gasteiger partial charge on any atom is -0.207 e. The molecule has 1 aliphatic heterocycles. The van der Waals surface area contributed by atoms with E-state index in [-0.39, 0.29) is 0 Å². The van der Waals surface area contributed by atoms with Gasteiger partial charge in [0.1, 0.15) is 11.6 Å². The Kier molecular flexibility index (Phi) is 14.8. The Hall–Kier alpha value is -3.96. The van der Waals surface area contributed by atoms with Crippen LogP contribution in [0.25, 0.3) is 0 Å². The van der Waals surface area contributed by atoms with E-state index in [1.165, 1.54) is 0 Å². The van der Waals surface area contributed by atoms with E-state index in [0.29, 0.717) is 22.4 Å². The second-order valence-corrected chi connectivity index (χ2v) is 24.1. The smallest absolute Gasteiger partial charge is 0.200 e. The number of hydrogen-bond acceptors (Lipinski definition) is 0. The number of benzene rings is 4. The average Bonchev–Trinajstić information content (AvgIpc) is 3.50. The summed E-state index contributed by atoms with van der Waals surface area (Å²) in [6, 6.07) is 0. The molecule has 0 radical (unpaired) electrons. The first-order valence-electron chi connectivity index (χ1n) is 19.1. The molecule has 352 valence electrons. The molecule has 1 heterocycles. The van der Waals surface area contributed by atoms with Crippen LogP contribution in [0.3, 0.4) is 0 Å². The summed E-state index contributed by atoms with van der Waals surface area (Å²) in [6.07, 6.45) is -1.44. The molecule has 0 unspecified atom stereocenters. The van der Waals surface area contributed by atoms with Gasteiger partial charge in [0, 0.05) is 14.6 Å². The molecule has 0 aliphatic carbocycles. The van der Waals surface area contributed by atoms with E-state index in [1.807, 2.05) is 0 Å². The number of rotatable bonds is 5. The van der Waals surface area contributed by atoms with E-state index in [1.54, 1.807) is 0 Å². The lowest BCUT2D eigenvalue weighted by molar-refractivity contribution is 0.363. The molecule has 0 amide bonds. The topological polar surface area (TPSA) is 0 Å². The molecule has 5 rings (SSSR count). The molecule has 0 bridgehead atoms. The van der Waals surface area contributed by atoms with Crippen molar-refractivity contribution in [3.8, 4) is 0 Å². The fourth-order valence-corrected chi connectivity index (χ4v) is 17.4. The van der Waals surface area contributed by atoms with Crippen LogP contribution >= 0.6 is 7.92 Å². The van der Waals surface area contributed by atoms with Crippen LogP contribution < -0.4 is 16.4 Å². The Balaban J connectivity index is 0.000000598. The molecule has 1 fully saturated rings. The van der Waals surface area contributed by atoms with E-state index in [2.05, 4.69) is 62.3 Å². The fourth-order valence-electron chi connectivity index (χ4n) is 10.7. The maximum Gasteiger partial charge on any atom is 0.200 e. The van der Waals surface area contributed by atoms with Crippen molar-refractivity contribution in [3.63, 3.8) is 0 Å². The summed E-state index contributed by atoms with van der Waals surface area (Å²) in [4.78, 5) is 0. The lowest BCUT2D eigenvalue weighted by Gasteiger charge is -2.42. The molecule has 4 atom stereocenters. The van der Waals surface area contributed by atoms with Gasteiger partial charge in [-0.3, -0.25) is 0 Å². The summed E-state index contributed by atoms with van der Waals surface area (Å²) in [5.41, 5.74) is -12.4. The van der Waals surface area contributed by atoms with E-state index in [0.717, 1.165) is 0 Å². The van der Waals surface area contributed by atoms with Gasteiger partial charge < -0.3 is 0 Å². The van der Waals surface area contributed by atoms with Gasteiger partial charge in [-0.1, -0.05) is 19.3 Å². The summed E-state index contributed by atoms with van der Waals surface area (Å²) in [5.74, 6) is -64.0. The first-order valence-corrected chi connectivity index (χ1v) is 20.6. The normalized spacial score (nSPS) is 18.2. The van der Waals surface area contributed by atoms with Gasteiger partial charge in [-0.15, -0.1) is 11.3 Å². The van der Waals surface area contributed by atoms with Gasteiger partial charge in [-0.05, 0) is 78.8 Å². The Morgan fingerprint density at radius 3 is 0.859 bits per heavy atom. The summed E-state index contributed by atoms with van der Waals surface area (Å²) < 4.78 is 295. The largest absolute Gasteiger partial charge is 0.207 e. The van der Waals surface area contributed by atoms with Gasteiger partial charge >= 0.3 is 0 Å². The zero-order valence-electron chi connectivity index (χ0n) is 35.3. The van der Waals surface area contributed by atoms with Crippen molar-refractivity contribution in [2.24, 2.45) is 5.92 Å². The standard InChI is InChI=1S/C29H9B2F20.C12H27P/c1-3-2-4(31(8-14(36)22(44)28(50)23(45)15(8)37)9-16(38)24(46)29(51)25(47)17(9)39)30(7-12(34)20(42)27(49)21(43)13(7)35)6(3)5-10(32)18(40)26(48)19(41)11(5)33;1-10(2,3)13(11(4,5)6)12(7,8)9/h3-4,6,30H,2H2,1H3;1-9H3/q-1;/p+1/t3-,4+,6-,30-;/m0./s1. The fraction of sp³-hybridized carbons (Fsp3) is 0.415. The van der Waals surface area contributed by atoms with E-state index in [4.69, 9.17) is 0 Å². The molecule has 4 aromatic carbocycles. The minimum atomic E-state index is -4.59. The Bertz CT molecular complexity index is 2290. The molecular formula is C41H37B2F20P. The van der Waals surface area contributed by atoms with Crippen molar-refractivity contribution in [1.29, 1.82) is 0 Å². The van der Waals surface area contributed by atoms with Gasteiger partial charge in [0.05, 0.1) is 15.5 Å². The molecule has 1 aliphatic rings. The zero-order valence-corrected chi connectivity index (χ0v) is 36.3. The van der Waals surface area contributed by atoms with Gasteiger partial charge in [0.25, 0.3) is 0 Å². The highest BCUT2D eigenvalue weighted by Gasteiger charge is 2.52. The SMILES string of the molecule is CC(C)(C)[PH+](C(C)(C)C)C(C)(C)C.C[C@H]1C[C@@H](B(c2c(F)c(F)c(F)c(F)c2F)c2c(F)c(F)c(F)c(F)c2F)[B@H-](c2c(F)c(F)c(F)c(F)c2F)[C@@H]1c1c(F)c(F)c(F)c(F)c1F. The second-order valence-electron chi connectivity index (χ2n) is 18.8. The molecule has 1 saturated heterocycles. The van der Waals surface area contributed by atoms with Crippen LogP contribution in [-0.4, -0.2) is 28.9 Å². The van der Waals surface area contributed by atoms with Gasteiger partial charge in [0.2, 0.25) is 5.82 Å². The molecule has 64 heavy (non-hydrogen) atoms. The van der Waals surface area contributed by atoms with Crippen LogP contribution in [0.5, 0.6) is 0 Å². The predicted octanol–water partition coefficient (Wildman–Crippen LogP) is 12.1. The molecule has 0 aromatic heterocycles. The molecule has 0 saturated carbocycles. The van der Waals surface area contributed by atoms with Crippen LogP contribution in [0.15, 0.2) is 0 Å². The second kappa shape index (κ2) is 18.0. The Morgan fingerprint density at radius 2 is 0.609 bits per heavy atom. The molecule has 23 heteroatoms. The number of halogens is 20. The molecule has 0 nitrogen and oxygen atoms in total. The van der Waals surface area contributed by atoms with Crippen molar-refractivity contribution in [1.82, 2.24) is 0 Å². The Morgan fingerprint density at radius 1 is 0.375 bits per heavy atom. The molecule has 4 aromatic rings. The van der Waals surface area contributed by atoms with Gasteiger partial charge in [-0.2, -0.15) is 5.72 Å². The van der Waals surface area contributed by atoms with Crippen LogP contribution in [-0.2, 0) is 0 Å². The Labute approximate surface area is 355 Å². The van der Waals surface area contributed by atoms with Crippen LogP contribution in [0.4, 0.5) is 87.8 Å². The van der Waals surface area contributed by atoms with Crippen LogP contribution in [0, 0.1) is 122 Å². The zero-order chi connectivity index (χ0) is 49.5. The lowest BCUT2D eigenvalue weighted by Crippen LogP contribution is -2.59. The molecular weight excluding hydrogens is 925 g/mol. The van der Waals surface area contributed by atoms with Crippen molar-refractivity contribution in [2.75, 3.05) is 0 Å². The summed E-state index contributed by atoms with van der Waals surface area (Å²) >= 11 is 0. The van der Waals surface area contributed by atoms with Crippen molar-refractivity contribution in [3.05, 3.63) is 122 Å². The third-order valence-electron chi connectivity index (χ3n) is 11.6. The lowest BCUT2D eigenvalue weighted by atomic mass is 9.16. The number of hydrogen-bond donors (Lipinski definition) is 0. The van der Waals surface area contributed by atoms with Crippen molar-refractivity contribution >= 4 is 37.7 Å². The maximum atomic E-state index is 15.5. The highest BCUT2D eigenvalue weighted by molar-refractivity contribution is 7.62. The monoisotopic (exact) mass is 962 g/mol. The van der Waals surface area contributed by atoms with Gasteiger partial charge in [0.15, 0.2) is 106 Å².